The van der Waals surface area contributed by atoms with Crippen LogP contribution in [0.25, 0.3) is 0 Å². The third-order valence-electron chi connectivity index (χ3n) is 1.54. The van der Waals surface area contributed by atoms with Gasteiger partial charge in [0.05, 0.1) is 5.44 Å². The standard InChI is InChI=1S/C10H16NP/c1-10(2,3)7-8-5-4-6-9(12)11-8/h4-6H,7,12H2,1-3H3. The van der Waals surface area contributed by atoms with E-state index in [-0.39, 0.29) is 0 Å². The predicted molar refractivity (Wildman–Crippen MR) is 56.7 cm³/mol. The van der Waals surface area contributed by atoms with E-state index in [9.17, 15) is 0 Å². The molecular weight excluding hydrogens is 165 g/mol. The second-order valence-electron chi connectivity index (χ2n) is 4.29. The van der Waals surface area contributed by atoms with E-state index in [0.717, 1.165) is 11.9 Å². The van der Waals surface area contributed by atoms with E-state index < -0.39 is 0 Å². The van der Waals surface area contributed by atoms with Crippen LogP contribution in [0, 0.1) is 5.41 Å². The Balaban J connectivity index is 2.77. The normalized spacial score (nSPS) is 11.7. The van der Waals surface area contributed by atoms with Crippen LogP contribution in [-0.4, -0.2) is 4.98 Å². The third kappa shape index (κ3) is 3.32. The Hall–Kier alpha value is -0.420. The Morgan fingerprint density at radius 2 is 2.00 bits per heavy atom. The number of hydrogen-bond donors (Lipinski definition) is 0. The van der Waals surface area contributed by atoms with E-state index in [4.69, 9.17) is 0 Å². The molecule has 1 rings (SSSR count). The molecule has 0 spiro atoms. The number of hydrogen-bond acceptors (Lipinski definition) is 1. The number of nitrogens with zero attached hydrogens (tertiary/aromatic N) is 1. The lowest BCUT2D eigenvalue weighted by Gasteiger charge is -2.17. The Kier molecular flexibility index (Phi) is 2.85. The van der Waals surface area contributed by atoms with Gasteiger partial charge in [0, 0.05) is 5.69 Å². The van der Waals surface area contributed by atoms with Gasteiger partial charge in [0.15, 0.2) is 0 Å². The van der Waals surface area contributed by atoms with Crippen molar-refractivity contribution in [2.75, 3.05) is 0 Å². The highest BCUT2D eigenvalue weighted by Gasteiger charge is 2.11. The van der Waals surface area contributed by atoms with E-state index >= 15 is 0 Å². The summed E-state index contributed by atoms with van der Waals surface area (Å²) in [5, 5.41) is 0. The van der Waals surface area contributed by atoms with Gasteiger partial charge in [-0.25, -0.2) is 0 Å². The fourth-order valence-electron chi connectivity index (χ4n) is 1.14. The molecule has 0 aliphatic rings. The van der Waals surface area contributed by atoms with E-state index in [0.29, 0.717) is 5.41 Å². The van der Waals surface area contributed by atoms with Gasteiger partial charge in [-0.05, 0) is 24.0 Å². The second-order valence-corrected chi connectivity index (χ2v) is 4.88. The van der Waals surface area contributed by atoms with Crippen molar-refractivity contribution in [3.63, 3.8) is 0 Å². The van der Waals surface area contributed by atoms with Gasteiger partial charge in [0.1, 0.15) is 0 Å². The monoisotopic (exact) mass is 181 g/mol. The molecule has 1 nitrogen and oxygen atoms in total. The molecule has 0 bridgehead atoms. The molecular formula is C10H16NP. The van der Waals surface area contributed by atoms with Gasteiger partial charge in [0.25, 0.3) is 0 Å². The van der Waals surface area contributed by atoms with Crippen molar-refractivity contribution in [1.82, 2.24) is 4.98 Å². The lowest BCUT2D eigenvalue weighted by molar-refractivity contribution is 0.406. The summed E-state index contributed by atoms with van der Waals surface area (Å²) in [6.07, 6.45) is 1.04. The van der Waals surface area contributed by atoms with Gasteiger partial charge in [-0.1, -0.05) is 36.1 Å². The lowest BCUT2D eigenvalue weighted by Crippen LogP contribution is -2.12. The molecule has 1 aromatic rings. The summed E-state index contributed by atoms with van der Waals surface area (Å²) < 4.78 is 0. The maximum Gasteiger partial charge on any atom is 0.0572 e. The lowest BCUT2D eigenvalue weighted by atomic mass is 9.90. The maximum atomic E-state index is 4.42. The second kappa shape index (κ2) is 3.53. The van der Waals surface area contributed by atoms with Gasteiger partial charge < -0.3 is 0 Å². The summed E-state index contributed by atoms with van der Waals surface area (Å²) in [7, 11) is 2.62. The van der Waals surface area contributed by atoms with Crippen molar-refractivity contribution >= 4 is 14.7 Å². The molecule has 0 saturated heterocycles. The van der Waals surface area contributed by atoms with Gasteiger partial charge in [0.2, 0.25) is 0 Å². The van der Waals surface area contributed by atoms with Crippen LogP contribution in [0.15, 0.2) is 18.2 Å². The summed E-state index contributed by atoms with van der Waals surface area (Å²) in [6.45, 7) is 6.68. The third-order valence-corrected chi connectivity index (χ3v) is 1.86. The molecule has 12 heavy (non-hydrogen) atoms. The fraction of sp³-hybridized carbons (Fsp3) is 0.500. The minimum Gasteiger partial charge on any atom is -0.254 e. The molecule has 1 unspecified atom stereocenters. The van der Waals surface area contributed by atoms with E-state index in [2.05, 4.69) is 47.1 Å². The first kappa shape index (κ1) is 9.67. The first-order valence-corrected chi connectivity index (χ1v) is 4.76. The zero-order valence-electron chi connectivity index (χ0n) is 7.96. The maximum absolute atomic E-state index is 4.42. The molecule has 0 radical (unpaired) electrons. The first-order valence-electron chi connectivity index (χ1n) is 4.19. The molecule has 0 aromatic carbocycles. The largest absolute Gasteiger partial charge is 0.254 e. The van der Waals surface area contributed by atoms with Gasteiger partial charge in [-0.3, -0.25) is 4.98 Å². The molecule has 1 aromatic heterocycles. The molecule has 0 fully saturated rings. The van der Waals surface area contributed by atoms with Crippen molar-refractivity contribution < 1.29 is 0 Å². The van der Waals surface area contributed by atoms with Gasteiger partial charge in [-0.15, -0.1) is 0 Å². The molecule has 0 aliphatic heterocycles. The van der Waals surface area contributed by atoms with Crippen molar-refractivity contribution in [2.45, 2.75) is 27.2 Å². The topological polar surface area (TPSA) is 12.9 Å². The average Bonchev–Trinajstić information content (AvgIpc) is 1.82. The summed E-state index contributed by atoms with van der Waals surface area (Å²) in [5.74, 6) is 0. The smallest absolute Gasteiger partial charge is 0.0572 e. The highest BCUT2D eigenvalue weighted by Crippen LogP contribution is 2.18. The Morgan fingerprint density at radius 3 is 2.50 bits per heavy atom. The van der Waals surface area contributed by atoms with E-state index in [1.807, 2.05) is 6.07 Å². The summed E-state index contributed by atoms with van der Waals surface area (Å²) in [4.78, 5) is 4.42. The quantitative estimate of drug-likeness (QED) is 0.605. The van der Waals surface area contributed by atoms with Crippen molar-refractivity contribution in [3.8, 4) is 0 Å². The Labute approximate surface area is 76.8 Å². The van der Waals surface area contributed by atoms with Crippen molar-refractivity contribution in [2.24, 2.45) is 5.41 Å². The molecule has 0 aliphatic carbocycles. The number of rotatable bonds is 1. The van der Waals surface area contributed by atoms with Gasteiger partial charge >= 0.3 is 0 Å². The van der Waals surface area contributed by atoms with Crippen LogP contribution in [0.1, 0.15) is 26.5 Å². The highest BCUT2D eigenvalue weighted by atomic mass is 31.0. The summed E-state index contributed by atoms with van der Waals surface area (Å²) >= 11 is 0. The zero-order valence-corrected chi connectivity index (χ0v) is 9.12. The molecule has 0 N–H and O–H groups in total. The Bertz CT molecular complexity index is 263. The van der Waals surface area contributed by atoms with Crippen molar-refractivity contribution in [1.29, 1.82) is 0 Å². The molecule has 2 heteroatoms. The molecule has 1 atom stereocenters. The Morgan fingerprint density at radius 1 is 1.33 bits per heavy atom. The minimum atomic E-state index is 0.325. The van der Waals surface area contributed by atoms with Crippen LogP contribution >= 0.6 is 9.24 Å². The van der Waals surface area contributed by atoms with Crippen LogP contribution in [0.5, 0.6) is 0 Å². The SMILES string of the molecule is CC(C)(C)Cc1cccc(P)n1. The number of pyridine rings is 1. The molecule has 1 heterocycles. The minimum absolute atomic E-state index is 0.325. The zero-order chi connectivity index (χ0) is 9.19. The highest BCUT2D eigenvalue weighted by molar-refractivity contribution is 7.26. The van der Waals surface area contributed by atoms with Crippen LogP contribution < -0.4 is 5.44 Å². The first-order chi connectivity index (χ1) is 5.47. The van der Waals surface area contributed by atoms with E-state index in [1.165, 1.54) is 5.69 Å². The molecule has 0 saturated carbocycles. The van der Waals surface area contributed by atoms with Gasteiger partial charge in [-0.2, -0.15) is 0 Å². The van der Waals surface area contributed by atoms with Crippen LogP contribution in [0.2, 0.25) is 0 Å². The van der Waals surface area contributed by atoms with E-state index in [1.54, 1.807) is 0 Å². The number of aromatic nitrogens is 1. The van der Waals surface area contributed by atoms with Crippen LogP contribution in [-0.2, 0) is 6.42 Å². The predicted octanol–water partition coefficient (Wildman–Crippen LogP) is 2.17. The molecule has 66 valence electrons. The summed E-state index contributed by atoms with van der Waals surface area (Å²) in [6, 6.07) is 6.13. The summed E-state index contributed by atoms with van der Waals surface area (Å²) in [5.41, 5.74) is 2.53. The molecule has 0 amide bonds. The van der Waals surface area contributed by atoms with Crippen molar-refractivity contribution in [3.05, 3.63) is 23.9 Å². The average molecular weight is 181 g/mol. The van der Waals surface area contributed by atoms with Crippen LogP contribution in [0.4, 0.5) is 0 Å². The van der Waals surface area contributed by atoms with Crippen LogP contribution in [0.3, 0.4) is 0 Å². The fourth-order valence-corrected chi connectivity index (χ4v) is 1.42.